The lowest BCUT2D eigenvalue weighted by atomic mass is 10.2. The summed E-state index contributed by atoms with van der Waals surface area (Å²) in [7, 11) is 0. The number of nitrogens with two attached hydrogens (primary N) is 1. The Morgan fingerprint density at radius 1 is 1.41 bits per heavy atom. The van der Waals surface area contributed by atoms with Gasteiger partial charge in [0.25, 0.3) is 5.91 Å². The second-order valence-corrected chi connectivity index (χ2v) is 3.70. The van der Waals surface area contributed by atoms with E-state index in [1.807, 2.05) is 33.0 Å². The Morgan fingerprint density at radius 2 is 2.00 bits per heavy atom. The van der Waals surface area contributed by atoms with Crippen molar-refractivity contribution < 1.29 is 14.3 Å². The standard InChI is InChI=1S/C12H20N2O3/c1-4-16-10(17-5-2)8-14-7-6-9(3)11(14)12(13)15/h6-7,10H,4-5,8H2,1-3H3,(H2,13,15). The summed E-state index contributed by atoms with van der Waals surface area (Å²) in [6, 6.07) is 1.86. The summed E-state index contributed by atoms with van der Waals surface area (Å²) in [5, 5.41) is 0. The summed E-state index contributed by atoms with van der Waals surface area (Å²) in [5.41, 5.74) is 6.72. The highest BCUT2D eigenvalue weighted by atomic mass is 16.7. The Balaban J connectivity index is 2.81. The number of carbonyl (C=O) groups excluding carboxylic acids is 1. The van der Waals surface area contributed by atoms with Crippen molar-refractivity contribution in [3.8, 4) is 0 Å². The molecule has 1 aromatic heterocycles. The van der Waals surface area contributed by atoms with Gasteiger partial charge in [0, 0.05) is 19.4 Å². The minimum absolute atomic E-state index is 0.352. The number of amides is 1. The Bertz CT molecular complexity index is 368. The van der Waals surface area contributed by atoms with Crippen LogP contribution in [-0.4, -0.2) is 30.0 Å². The molecule has 5 heteroatoms. The lowest BCUT2D eigenvalue weighted by Gasteiger charge is -2.18. The van der Waals surface area contributed by atoms with Gasteiger partial charge in [-0.3, -0.25) is 4.79 Å². The molecule has 2 N–H and O–H groups in total. The van der Waals surface area contributed by atoms with Crippen molar-refractivity contribution in [3.63, 3.8) is 0 Å². The third-order valence-electron chi connectivity index (χ3n) is 2.45. The molecule has 0 saturated carbocycles. The van der Waals surface area contributed by atoms with E-state index < -0.39 is 5.91 Å². The SMILES string of the molecule is CCOC(Cn1ccc(C)c1C(N)=O)OCC. The first kappa shape index (κ1) is 13.7. The molecule has 0 aliphatic rings. The van der Waals surface area contributed by atoms with E-state index in [2.05, 4.69) is 0 Å². The molecule has 96 valence electrons. The van der Waals surface area contributed by atoms with Crippen LogP contribution >= 0.6 is 0 Å². The fraction of sp³-hybridized carbons (Fsp3) is 0.583. The molecule has 0 aliphatic heterocycles. The minimum Gasteiger partial charge on any atom is -0.364 e. The summed E-state index contributed by atoms with van der Waals surface area (Å²) in [5.74, 6) is -0.431. The van der Waals surface area contributed by atoms with Crippen LogP contribution in [-0.2, 0) is 16.0 Å². The first-order chi connectivity index (χ1) is 8.10. The number of primary amides is 1. The van der Waals surface area contributed by atoms with Crippen LogP contribution in [0.4, 0.5) is 0 Å². The van der Waals surface area contributed by atoms with E-state index >= 15 is 0 Å². The van der Waals surface area contributed by atoms with Gasteiger partial charge < -0.3 is 19.8 Å². The number of rotatable bonds is 7. The first-order valence-electron chi connectivity index (χ1n) is 5.78. The number of hydrogen-bond acceptors (Lipinski definition) is 3. The molecule has 0 aliphatic carbocycles. The lowest BCUT2D eigenvalue weighted by molar-refractivity contribution is -0.143. The predicted molar refractivity (Wildman–Crippen MR) is 64.7 cm³/mol. The lowest BCUT2D eigenvalue weighted by Crippen LogP contribution is -2.27. The molecular weight excluding hydrogens is 220 g/mol. The summed E-state index contributed by atoms with van der Waals surface area (Å²) in [6.45, 7) is 7.26. The van der Waals surface area contributed by atoms with Crippen LogP contribution in [0.2, 0.25) is 0 Å². The second kappa shape index (κ2) is 6.42. The second-order valence-electron chi connectivity index (χ2n) is 3.70. The molecule has 0 atom stereocenters. The molecule has 17 heavy (non-hydrogen) atoms. The van der Waals surface area contributed by atoms with Gasteiger partial charge in [-0.1, -0.05) is 0 Å². The van der Waals surface area contributed by atoms with Crippen molar-refractivity contribution in [2.45, 2.75) is 33.6 Å². The summed E-state index contributed by atoms with van der Waals surface area (Å²) in [4.78, 5) is 11.3. The molecule has 1 aromatic rings. The van der Waals surface area contributed by atoms with Gasteiger partial charge in [-0.2, -0.15) is 0 Å². The zero-order valence-corrected chi connectivity index (χ0v) is 10.6. The van der Waals surface area contributed by atoms with Gasteiger partial charge in [0.15, 0.2) is 6.29 Å². The van der Waals surface area contributed by atoms with E-state index in [1.54, 1.807) is 4.57 Å². The average molecular weight is 240 g/mol. The van der Waals surface area contributed by atoms with Gasteiger partial charge >= 0.3 is 0 Å². The van der Waals surface area contributed by atoms with Crippen molar-refractivity contribution in [1.82, 2.24) is 4.57 Å². The smallest absolute Gasteiger partial charge is 0.265 e. The number of ether oxygens (including phenoxy) is 2. The third-order valence-corrected chi connectivity index (χ3v) is 2.45. The molecule has 1 rings (SSSR count). The molecule has 1 heterocycles. The monoisotopic (exact) mass is 240 g/mol. The fourth-order valence-corrected chi connectivity index (χ4v) is 1.76. The molecule has 0 spiro atoms. The molecule has 5 nitrogen and oxygen atoms in total. The minimum atomic E-state index is -0.431. The quantitative estimate of drug-likeness (QED) is 0.730. The van der Waals surface area contributed by atoms with Crippen molar-refractivity contribution in [1.29, 1.82) is 0 Å². The first-order valence-corrected chi connectivity index (χ1v) is 5.78. The zero-order chi connectivity index (χ0) is 12.8. The van der Waals surface area contributed by atoms with Crippen LogP contribution in [0.1, 0.15) is 29.9 Å². The van der Waals surface area contributed by atoms with Crippen LogP contribution in [0.15, 0.2) is 12.3 Å². The third kappa shape index (κ3) is 3.57. The van der Waals surface area contributed by atoms with Gasteiger partial charge in [0.1, 0.15) is 5.69 Å². The zero-order valence-electron chi connectivity index (χ0n) is 10.6. The highest BCUT2D eigenvalue weighted by Gasteiger charge is 2.15. The van der Waals surface area contributed by atoms with Crippen LogP contribution in [0.3, 0.4) is 0 Å². The molecule has 0 fully saturated rings. The molecular formula is C12H20N2O3. The number of nitrogens with zero attached hydrogens (tertiary/aromatic N) is 1. The molecule has 0 bridgehead atoms. The number of hydrogen-bond donors (Lipinski definition) is 1. The van der Waals surface area contributed by atoms with Crippen molar-refractivity contribution in [2.24, 2.45) is 5.73 Å². The number of aryl methyl sites for hydroxylation is 1. The largest absolute Gasteiger partial charge is 0.364 e. The van der Waals surface area contributed by atoms with Crippen molar-refractivity contribution >= 4 is 5.91 Å². The van der Waals surface area contributed by atoms with Crippen molar-refractivity contribution in [2.75, 3.05) is 13.2 Å². The fourth-order valence-electron chi connectivity index (χ4n) is 1.76. The van der Waals surface area contributed by atoms with Crippen molar-refractivity contribution in [3.05, 3.63) is 23.5 Å². The van der Waals surface area contributed by atoms with Crippen LogP contribution in [0.25, 0.3) is 0 Å². The van der Waals surface area contributed by atoms with E-state index in [0.717, 1.165) is 5.56 Å². The molecule has 0 radical (unpaired) electrons. The molecule has 1 amide bonds. The van der Waals surface area contributed by atoms with E-state index in [-0.39, 0.29) is 6.29 Å². The van der Waals surface area contributed by atoms with Gasteiger partial charge in [-0.25, -0.2) is 0 Å². The topological polar surface area (TPSA) is 66.5 Å². The molecule has 0 unspecified atom stereocenters. The van der Waals surface area contributed by atoms with Crippen LogP contribution in [0.5, 0.6) is 0 Å². The summed E-state index contributed by atoms with van der Waals surface area (Å²) < 4.78 is 12.6. The number of carbonyl (C=O) groups is 1. The van der Waals surface area contributed by atoms with Gasteiger partial charge in [-0.05, 0) is 32.4 Å². The van der Waals surface area contributed by atoms with Crippen LogP contribution in [0, 0.1) is 6.92 Å². The normalized spacial score (nSPS) is 11.1. The highest BCUT2D eigenvalue weighted by Crippen LogP contribution is 2.11. The average Bonchev–Trinajstić information content (AvgIpc) is 2.60. The molecule has 0 saturated heterocycles. The van der Waals surface area contributed by atoms with Gasteiger partial charge in [0.05, 0.1) is 6.54 Å². The van der Waals surface area contributed by atoms with Gasteiger partial charge in [0.2, 0.25) is 0 Å². The van der Waals surface area contributed by atoms with Crippen LogP contribution < -0.4 is 5.73 Å². The highest BCUT2D eigenvalue weighted by molar-refractivity contribution is 5.92. The predicted octanol–water partition coefficient (Wildman–Crippen LogP) is 1.29. The van der Waals surface area contributed by atoms with Gasteiger partial charge in [-0.15, -0.1) is 0 Å². The Morgan fingerprint density at radius 3 is 2.47 bits per heavy atom. The maximum Gasteiger partial charge on any atom is 0.265 e. The van der Waals surface area contributed by atoms with E-state index in [1.165, 1.54) is 0 Å². The Hall–Kier alpha value is -1.33. The van der Waals surface area contributed by atoms with E-state index in [0.29, 0.717) is 25.5 Å². The maximum atomic E-state index is 11.3. The molecule has 0 aromatic carbocycles. The van der Waals surface area contributed by atoms with E-state index in [4.69, 9.17) is 15.2 Å². The van der Waals surface area contributed by atoms with E-state index in [9.17, 15) is 4.79 Å². The maximum absolute atomic E-state index is 11.3. The Kier molecular flexibility index (Phi) is 5.18. The number of aromatic nitrogens is 1. The Labute approximate surface area is 101 Å². The summed E-state index contributed by atoms with van der Waals surface area (Å²) in [6.07, 6.45) is 1.47. The summed E-state index contributed by atoms with van der Waals surface area (Å²) >= 11 is 0.